The number of urea groups is 1. The Morgan fingerprint density at radius 2 is 1.49 bits per heavy atom. The van der Waals surface area contributed by atoms with Crippen molar-refractivity contribution < 1.29 is 23.9 Å². The Kier molecular flexibility index (Phi) is 8.05. The topological polar surface area (TPSA) is 93.7 Å². The van der Waals surface area contributed by atoms with Gasteiger partial charge in [-0.05, 0) is 106 Å². The number of rotatable bonds is 8. The molecule has 5 saturated carbocycles. The fourth-order valence-electron chi connectivity index (χ4n) is 8.44. The Balaban J connectivity index is 1.09. The average Bonchev–Trinajstić information content (AvgIpc) is 2.95. The summed E-state index contributed by atoms with van der Waals surface area (Å²) in [5.74, 6) is 1.41. The third kappa shape index (κ3) is 6.29. The van der Waals surface area contributed by atoms with Crippen molar-refractivity contribution in [2.45, 2.75) is 88.8 Å². The molecule has 5 aliphatic rings. The van der Waals surface area contributed by atoms with Crippen LogP contribution in [-0.4, -0.2) is 36.2 Å². The van der Waals surface area contributed by atoms with Crippen LogP contribution in [0.1, 0.15) is 98.7 Å². The standard InChI is InChI=1S/C34H42N2O5/c1-2-40-31(37)27-13-11-26(12-14-27)30(25-7-4-3-5-8-25)41-32(38)28-9-6-10-29(18-28)35-33(39)36-34-19-22-15-23(20-34)17-24(16-22)21-34/h3-5,7-8,11-14,22-24,28-30H,2,6,9-10,15-21H2,1H3,(H2,35,36,39)/t22?,23?,24?,28-,29-,30?,34?/m0/s1. The van der Waals surface area contributed by atoms with Crippen LogP contribution in [0.5, 0.6) is 0 Å². The molecule has 5 fully saturated rings. The minimum absolute atomic E-state index is 0.0302. The molecule has 2 N–H and O–H groups in total. The number of benzene rings is 2. The number of nitrogens with one attached hydrogen (secondary N) is 2. The van der Waals surface area contributed by atoms with Crippen LogP contribution in [0.3, 0.4) is 0 Å². The first-order chi connectivity index (χ1) is 19.9. The second kappa shape index (κ2) is 11.9. The second-order valence-electron chi connectivity index (χ2n) is 12.9. The predicted molar refractivity (Wildman–Crippen MR) is 155 cm³/mol. The molecule has 0 heterocycles. The maximum atomic E-state index is 13.5. The van der Waals surface area contributed by atoms with Crippen molar-refractivity contribution in [1.82, 2.24) is 10.6 Å². The lowest BCUT2D eigenvalue weighted by Gasteiger charge is -2.56. The Labute approximate surface area is 242 Å². The van der Waals surface area contributed by atoms with E-state index in [1.807, 2.05) is 42.5 Å². The van der Waals surface area contributed by atoms with Gasteiger partial charge in [0, 0.05) is 11.6 Å². The lowest BCUT2D eigenvalue weighted by molar-refractivity contribution is -0.154. The van der Waals surface area contributed by atoms with E-state index in [4.69, 9.17) is 9.47 Å². The Hall–Kier alpha value is -3.35. The number of hydrogen-bond acceptors (Lipinski definition) is 5. The van der Waals surface area contributed by atoms with Gasteiger partial charge < -0.3 is 20.1 Å². The van der Waals surface area contributed by atoms with Crippen LogP contribution in [0.4, 0.5) is 4.79 Å². The van der Waals surface area contributed by atoms with Crippen molar-refractivity contribution in [3.8, 4) is 0 Å². The Morgan fingerprint density at radius 1 is 0.854 bits per heavy atom. The normalized spacial score (nSPS) is 30.7. The fourth-order valence-corrected chi connectivity index (χ4v) is 8.44. The molecule has 7 rings (SSSR count). The highest BCUT2D eigenvalue weighted by Crippen LogP contribution is 2.55. The van der Waals surface area contributed by atoms with Crippen LogP contribution >= 0.6 is 0 Å². The minimum atomic E-state index is -0.590. The molecule has 218 valence electrons. The maximum Gasteiger partial charge on any atom is 0.338 e. The summed E-state index contributed by atoms with van der Waals surface area (Å²) in [6, 6.07) is 16.6. The first-order valence-electron chi connectivity index (χ1n) is 15.5. The zero-order valence-corrected chi connectivity index (χ0v) is 24.0. The summed E-state index contributed by atoms with van der Waals surface area (Å²) in [4.78, 5) is 38.8. The van der Waals surface area contributed by atoms with Crippen molar-refractivity contribution in [1.29, 1.82) is 0 Å². The van der Waals surface area contributed by atoms with Crippen LogP contribution in [0.2, 0.25) is 0 Å². The first kappa shape index (κ1) is 27.8. The molecule has 0 aliphatic heterocycles. The average molecular weight is 559 g/mol. The molecule has 0 radical (unpaired) electrons. The lowest BCUT2D eigenvalue weighted by Crippen LogP contribution is -2.62. The van der Waals surface area contributed by atoms with E-state index < -0.39 is 6.10 Å². The highest BCUT2D eigenvalue weighted by molar-refractivity contribution is 5.89. The summed E-state index contributed by atoms with van der Waals surface area (Å²) in [5.41, 5.74) is 2.09. The summed E-state index contributed by atoms with van der Waals surface area (Å²) >= 11 is 0. The van der Waals surface area contributed by atoms with E-state index in [-0.39, 0.29) is 35.5 Å². The van der Waals surface area contributed by atoms with E-state index >= 15 is 0 Å². The lowest BCUT2D eigenvalue weighted by atomic mass is 9.53. The molecule has 2 aromatic carbocycles. The van der Waals surface area contributed by atoms with E-state index in [1.54, 1.807) is 19.1 Å². The zero-order chi connectivity index (χ0) is 28.4. The highest BCUT2D eigenvalue weighted by atomic mass is 16.5. The van der Waals surface area contributed by atoms with Crippen LogP contribution in [0.25, 0.3) is 0 Å². The fraction of sp³-hybridized carbons (Fsp3) is 0.559. The number of esters is 2. The second-order valence-corrected chi connectivity index (χ2v) is 12.9. The number of ether oxygens (including phenoxy) is 2. The molecule has 0 spiro atoms. The number of carbonyl (C=O) groups excluding carboxylic acids is 3. The number of hydrogen-bond donors (Lipinski definition) is 2. The van der Waals surface area contributed by atoms with Gasteiger partial charge in [-0.15, -0.1) is 0 Å². The molecule has 7 heteroatoms. The van der Waals surface area contributed by atoms with Crippen LogP contribution in [0, 0.1) is 23.7 Å². The van der Waals surface area contributed by atoms with Crippen LogP contribution < -0.4 is 10.6 Å². The van der Waals surface area contributed by atoms with Gasteiger partial charge in [-0.25, -0.2) is 9.59 Å². The van der Waals surface area contributed by atoms with Crippen molar-refractivity contribution in [2.75, 3.05) is 6.61 Å². The number of carbonyl (C=O) groups is 3. The van der Waals surface area contributed by atoms with Crippen LogP contribution in [0.15, 0.2) is 54.6 Å². The van der Waals surface area contributed by atoms with Gasteiger partial charge in [0.25, 0.3) is 0 Å². The SMILES string of the molecule is CCOC(=O)c1ccc(C(OC(=O)[C@H]2CCC[C@H](NC(=O)NC34CC5CC(CC(C5)C3)C4)C2)c2ccccc2)cc1. The quantitative estimate of drug-likeness (QED) is 0.370. The monoisotopic (exact) mass is 558 g/mol. The van der Waals surface area contributed by atoms with Crippen molar-refractivity contribution >= 4 is 18.0 Å². The smallest absolute Gasteiger partial charge is 0.338 e. The highest BCUT2D eigenvalue weighted by Gasteiger charge is 2.51. The summed E-state index contributed by atoms with van der Waals surface area (Å²) in [6.07, 6.45) is 9.86. The Bertz CT molecular complexity index is 1210. The van der Waals surface area contributed by atoms with Crippen molar-refractivity contribution in [3.63, 3.8) is 0 Å². The molecule has 5 aliphatic carbocycles. The van der Waals surface area contributed by atoms with Crippen LogP contribution in [-0.2, 0) is 14.3 Å². The third-order valence-corrected chi connectivity index (χ3v) is 9.82. The molecule has 2 aromatic rings. The predicted octanol–water partition coefficient (Wildman–Crippen LogP) is 6.32. The summed E-state index contributed by atoms with van der Waals surface area (Å²) in [6.45, 7) is 2.09. The van der Waals surface area contributed by atoms with E-state index in [9.17, 15) is 14.4 Å². The number of amides is 2. The zero-order valence-electron chi connectivity index (χ0n) is 24.0. The first-order valence-corrected chi connectivity index (χ1v) is 15.5. The van der Waals surface area contributed by atoms with E-state index in [0.717, 1.165) is 67.4 Å². The molecule has 7 nitrogen and oxygen atoms in total. The van der Waals surface area contributed by atoms with E-state index in [0.29, 0.717) is 18.6 Å². The molecule has 41 heavy (non-hydrogen) atoms. The molecule has 2 amide bonds. The Morgan fingerprint density at radius 3 is 2.12 bits per heavy atom. The van der Waals surface area contributed by atoms with Gasteiger partial charge in [0.1, 0.15) is 0 Å². The largest absolute Gasteiger partial charge is 0.462 e. The van der Waals surface area contributed by atoms with Gasteiger partial charge in [0.05, 0.1) is 18.1 Å². The summed E-state index contributed by atoms with van der Waals surface area (Å²) in [5, 5.41) is 6.63. The van der Waals surface area contributed by atoms with E-state index in [2.05, 4.69) is 10.6 Å². The van der Waals surface area contributed by atoms with Gasteiger partial charge in [0.2, 0.25) is 0 Å². The van der Waals surface area contributed by atoms with Gasteiger partial charge in [-0.2, -0.15) is 0 Å². The van der Waals surface area contributed by atoms with Gasteiger partial charge in [-0.1, -0.05) is 48.9 Å². The molecule has 3 atom stereocenters. The summed E-state index contributed by atoms with van der Waals surface area (Å²) in [7, 11) is 0. The van der Waals surface area contributed by atoms with E-state index in [1.165, 1.54) is 19.3 Å². The van der Waals surface area contributed by atoms with Gasteiger partial charge in [0.15, 0.2) is 6.10 Å². The van der Waals surface area contributed by atoms with Gasteiger partial charge in [-0.3, -0.25) is 4.79 Å². The maximum absolute atomic E-state index is 13.5. The molecule has 4 bridgehead atoms. The third-order valence-electron chi connectivity index (χ3n) is 9.82. The minimum Gasteiger partial charge on any atom is -0.462 e. The molecule has 1 unspecified atom stereocenters. The van der Waals surface area contributed by atoms with Gasteiger partial charge >= 0.3 is 18.0 Å². The molecular formula is C34H42N2O5. The molecule has 0 saturated heterocycles. The van der Waals surface area contributed by atoms with Crippen molar-refractivity contribution in [3.05, 3.63) is 71.3 Å². The summed E-state index contributed by atoms with van der Waals surface area (Å²) < 4.78 is 11.3. The molecular weight excluding hydrogens is 516 g/mol. The van der Waals surface area contributed by atoms with Crippen molar-refractivity contribution in [2.24, 2.45) is 23.7 Å². The molecule has 0 aromatic heterocycles.